The molecule has 0 aromatic heterocycles. The molecule has 18 heavy (non-hydrogen) atoms. The van der Waals surface area contributed by atoms with E-state index in [1.165, 1.54) is 0 Å². The molecule has 0 bridgehead atoms. The minimum atomic E-state index is -0.0625. The van der Waals surface area contributed by atoms with Crippen LogP contribution in [0.3, 0.4) is 0 Å². The lowest BCUT2D eigenvalue weighted by atomic mass is 9.92. The quantitative estimate of drug-likeness (QED) is 0.837. The maximum atomic E-state index is 11.8. The van der Waals surface area contributed by atoms with Crippen molar-refractivity contribution in [1.82, 2.24) is 0 Å². The number of carbonyl (C=O) groups excluding carboxylic acids is 1. The highest BCUT2D eigenvalue weighted by molar-refractivity contribution is 7.80. The summed E-state index contributed by atoms with van der Waals surface area (Å²) < 4.78 is 0. The molecule has 0 aliphatic heterocycles. The fraction of sp³-hybridized carbons (Fsp3) is 0.385. The normalized spacial score (nSPS) is 11.1. The Balaban J connectivity index is 2.80. The van der Waals surface area contributed by atoms with Gasteiger partial charge >= 0.3 is 0 Å². The molecule has 1 aromatic rings. The summed E-state index contributed by atoms with van der Waals surface area (Å²) in [5.41, 5.74) is 6.70. The molecule has 0 saturated carbocycles. The van der Waals surface area contributed by atoms with Crippen LogP contribution in [-0.2, 0) is 4.79 Å². The molecule has 3 N–H and O–H groups in total. The van der Waals surface area contributed by atoms with Crippen LogP contribution in [0.15, 0.2) is 18.2 Å². The summed E-state index contributed by atoms with van der Waals surface area (Å²) >= 11 is 10.9. The highest BCUT2D eigenvalue weighted by Gasteiger charge is 2.16. The van der Waals surface area contributed by atoms with E-state index in [4.69, 9.17) is 29.6 Å². The van der Waals surface area contributed by atoms with E-state index in [1.54, 1.807) is 18.2 Å². The molecule has 0 spiro atoms. The van der Waals surface area contributed by atoms with Crippen molar-refractivity contribution in [2.45, 2.75) is 27.2 Å². The Bertz CT molecular complexity index is 480. The van der Waals surface area contributed by atoms with Crippen LogP contribution in [0.1, 0.15) is 32.8 Å². The number of nitrogens with one attached hydrogen (secondary N) is 1. The third-order valence-corrected chi connectivity index (χ3v) is 2.77. The van der Waals surface area contributed by atoms with E-state index >= 15 is 0 Å². The molecular formula is C13H17ClN2OS. The van der Waals surface area contributed by atoms with Crippen molar-refractivity contribution in [3.05, 3.63) is 28.8 Å². The largest absolute Gasteiger partial charge is 0.389 e. The van der Waals surface area contributed by atoms with Crippen molar-refractivity contribution in [1.29, 1.82) is 0 Å². The molecule has 0 fully saturated rings. The van der Waals surface area contributed by atoms with Crippen molar-refractivity contribution in [3.8, 4) is 0 Å². The van der Waals surface area contributed by atoms with Gasteiger partial charge in [0.2, 0.25) is 5.91 Å². The SMILES string of the molecule is CC(C)(C)CC(=O)Nc1ccc(C(N)=S)cc1Cl. The Hall–Kier alpha value is -1.13. The van der Waals surface area contributed by atoms with Gasteiger partial charge in [-0.3, -0.25) is 4.79 Å². The number of nitrogens with two attached hydrogens (primary N) is 1. The molecule has 0 unspecified atom stereocenters. The molecule has 98 valence electrons. The summed E-state index contributed by atoms with van der Waals surface area (Å²) in [6, 6.07) is 5.09. The number of hydrogen-bond acceptors (Lipinski definition) is 2. The molecule has 1 rings (SSSR count). The van der Waals surface area contributed by atoms with Gasteiger partial charge in [0, 0.05) is 12.0 Å². The van der Waals surface area contributed by atoms with E-state index in [9.17, 15) is 4.79 Å². The van der Waals surface area contributed by atoms with E-state index in [-0.39, 0.29) is 16.3 Å². The van der Waals surface area contributed by atoms with E-state index in [0.717, 1.165) is 0 Å². The van der Waals surface area contributed by atoms with Crippen LogP contribution >= 0.6 is 23.8 Å². The first-order valence-electron chi connectivity index (χ1n) is 5.58. The Morgan fingerprint density at radius 3 is 2.50 bits per heavy atom. The maximum Gasteiger partial charge on any atom is 0.224 e. The molecule has 3 nitrogen and oxygen atoms in total. The van der Waals surface area contributed by atoms with Crippen molar-refractivity contribution in [2.75, 3.05) is 5.32 Å². The van der Waals surface area contributed by atoms with Gasteiger partial charge in [-0.05, 0) is 23.6 Å². The van der Waals surface area contributed by atoms with Crippen LogP contribution in [0.25, 0.3) is 0 Å². The second kappa shape index (κ2) is 5.67. The van der Waals surface area contributed by atoms with Gasteiger partial charge in [-0.15, -0.1) is 0 Å². The Labute approximate surface area is 118 Å². The van der Waals surface area contributed by atoms with Crippen LogP contribution in [0.2, 0.25) is 5.02 Å². The molecule has 0 atom stereocenters. The molecule has 0 aliphatic carbocycles. The third-order valence-electron chi connectivity index (χ3n) is 2.22. The first-order valence-corrected chi connectivity index (χ1v) is 6.37. The fourth-order valence-electron chi connectivity index (χ4n) is 1.45. The Kier molecular flexibility index (Phi) is 4.71. The summed E-state index contributed by atoms with van der Waals surface area (Å²) in [6.45, 7) is 6.01. The number of rotatable bonds is 3. The smallest absolute Gasteiger partial charge is 0.224 e. The highest BCUT2D eigenvalue weighted by Crippen LogP contribution is 2.25. The molecule has 1 amide bonds. The van der Waals surface area contributed by atoms with E-state index < -0.39 is 0 Å². The molecule has 0 saturated heterocycles. The first kappa shape index (κ1) is 14.9. The van der Waals surface area contributed by atoms with Crippen LogP contribution in [-0.4, -0.2) is 10.9 Å². The van der Waals surface area contributed by atoms with Gasteiger partial charge in [0.25, 0.3) is 0 Å². The monoisotopic (exact) mass is 284 g/mol. The third kappa shape index (κ3) is 4.63. The summed E-state index contributed by atoms with van der Waals surface area (Å²) in [5, 5.41) is 3.21. The first-order chi connectivity index (χ1) is 8.19. The summed E-state index contributed by atoms with van der Waals surface area (Å²) in [4.78, 5) is 12.1. The van der Waals surface area contributed by atoms with E-state index in [2.05, 4.69) is 5.32 Å². The predicted molar refractivity (Wildman–Crippen MR) is 80.0 cm³/mol. The second-order valence-electron chi connectivity index (χ2n) is 5.34. The minimum absolute atomic E-state index is 0.0602. The number of halogens is 1. The molecule has 5 heteroatoms. The standard InChI is InChI=1S/C13H17ClN2OS/c1-13(2,3)7-11(17)16-10-5-4-8(12(15)18)6-9(10)14/h4-6H,7H2,1-3H3,(H2,15,18)(H,16,17). The Morgan fingerprint density at radius 2 is 2.06 bits per heavy atom. The predicted octanol–water partition coefficient (Wildman–Crippen LogP) is 3.35. The summed E-state index contributed by atoms with van der Waals surface area (Å²) in [5.74, 6) is -0.0625. The zero-order valence-electron chi connectivity index (χ0n) is 10.7. The van der Waals surface area contributed by atoms with Crippen molar-refractivity contribution >= 4 is 40.4 Å². The van der Waals surface area contributed by atoms with Gasteiger partial charge in [-0.2, -0.15) is 0 Å². The Morgan fingerprint density at radius 1 is 1.44 bits per heavy atom. The number of hydrogen-bond donors (Lipinski definition) is 2. The van der Waals surface area contributed by atoms with Crippen LogP contribution < -0.4 is 11.1 Å². The van der Waals surface area contributed by atoms with Gasteiger partial charge in [-0.25, -0.2) is 0 Å². The van der Waals surface area contributed by atoms with Gasteiger partial charge in [0.1, 0.15) is 4.99 Å². The number of carbonyl (C=O) groups is 1. The van der Waals surface area contributed by atoms with Gasteiger partial charge in [-0.1, -0.05) is 44.6 Å². The molecular weight excluding hydrogens is 268 g/mol. The zero-order valence-corrected chi connectivity index (χ0v) is 12.3. The summed E-state index contributed by atoms with van der Waals surface area (Å²) in [6.07, 6.45) is 0.431. The minimum Gasteiger partial charge on any atom is -0.389 e. The number of thiocarbonyl (C=S) groups is 1. The number of anilines is 1. The number of benzene rings is 1. The van der Waals surface area contributed by atoms with E-state index in [0.29, 0.717) is 22.7 Å². The van der Waals surface area contributed by atoms with E-state index in [1.807, 2.05) is 20.8 Å². The fourth-order valence-corrected chi connectivity index (χ4v) is 1.80. The summed E-state index contributed by atoms with van der Waals surface area (Å²) in [7, 11) is 0. The highest BCUT2D eigenvalue weighted by atomic mass is 35.5. The lowest BCUT2D eigenvalue weighted by Crippen LogP contribution is -2.20. The van der Waals surface area contributed by atoms with Crippen molar-refractivity contribution in [2.24, 2.45) is 11.1 Å². The molecule has 0 radical (unpaired) electrons. The van der Waals surface area contributed by atoms with Gasteiger partial charge in [0.05, 0.1) is 10.7 Å². The molecule has 0 aliphatic rings. The van der Waals surface area contributed by atoms with Gasteiger partial charge < -0.3 is 11.1 Å². The maximum absolute atomic E-state index is 11.8. The number of amides is 1. The second-order valence-corrected chi connectivity index (χ2v) is 6.19. The van der Waals surface area contributed by atoms with Crippen molar-refractivity contribution in [3.63, 3.8) is 0 Å². The van der Waals surface area contributed by atoms with Crippen LogP contribution in [0.4, 0.5) is 5.69 Å². The average Bonchev–Trinajstić information content (AvgIpc) is 2.17. The molecule has 0 heterocycles. The zero-order chi connectivity index (χ0) is 13.9. The van der Waals surface area contributed by atoms with Gasteiger partial charge in [0.15, 0.2) is 0 Å². The lowest BCUT2D eigenvalue weighted by molar-refractivity contribution is -0.117. The molecule has 1 aromatic carbocycles. The van der Waals surface area contributed by atoms with Crippen LogP contribution in [0.5, 0.6) is 0 Å². The topological polar surface area (TPSA) is 55.1 Å². The average molecular weight is 285 g/mol. The lowest BCUT2D eigenvalue weighted by Gasteiger charge is -2.17. The van der Waals surface area contributed by atoms with Crippen molar-refractivity contribution < 1.29 is 4.79 Å². The van der Waals surface area contributed by atoms with Crippen LogP contribution in [0, 0.1) is 5.41 Å².